The van der Waals surface area contributed by atoms with Gasteiger partial charge in [-0.05, 0) is 11.8 Å². The molecule has 0 spiro atoms. The molecule has 0 unspecified atom stereocenters. The van der Waals surface area contributed by atoms with Crippen molar-refractivity contribution in [1.29, 1.82) is 0 Å². The van der Waals surface area contributed by atoms with Gasteiger partial charge in [0.25, 0.3) is 0 Å². The molecule has 5 nitrogen and oxygen atoms in total. The smallest absolute Gasteiger partial charge is 0.349 e. The Morgan fingerprint density at radius 2 is 2.33 bits per heavy atom. The van der Waals surface area contributed by atoms with E-state index < -0.39 is 5.97 Å². The number of halogens is 1. The van der Waals surface area contributed by atoms with Crippen molar-refractivity contribution < 1.29 is 9.90 Å². The highest BCUT2D eigenvalue weighted by atomic mass is 35.5. The third kappa shape index (κ3) is 2.46. The van der Waals surface area contributed by atoms with E-state index in [-0.39, 0.29) is 10.0 Å². The molecule has 0 radical (unpaired) electrons. The van der Waals surface area contributed by atoms with Crippen molar-refractivity contribution in [3.05, 3.63) is 15.5 Å². The van der Waals surface area contributed by atoms with Crippen molar-refractivity contribution in [3.8, 4) is 0 Å². The molecule has 0 saturated heterocycles. The first kappa shape index (κ1) is 10.8. The minimum atomic E-state index is -1.07. The molecule has 2 aromatic heterocycles. The van der Waals surface area contributed by atoms with Crippen LogP contribution in [0.5, 0.6) is 0 Å². The summed E-state index contributed by atoms with van der Waals surface area (Å²) in [4.78, 5) is 14.6. The molecule has 2 heterocycles. The molecule has 0 aliphatic heterocycles. The maximum absolute atomic E-state index is 10.7. The molecular formula is C6H2ClN3O2S3. The summed E-state index contributed by atoms with van der Waals surface area (Å²) in [6, 6.07) is 0. The first-order valence-corrected chi connectivity index (χ1v) is 6.39. The van der Waals surface area contributed by atoms with Gasteiger partial charge in [-0.3, -0.25) is 0 Å². The number of carboxylic acids is 1. The maximum atomic E-state index is 10.7. The molecule has 15 heavy (non-hydrogen) atoms. The van der Waals surface area contributed by atoms with Gasteiger partial charge in [-0.25, -0.2) is 9.78 Å². The van der Waals surface area contributed by atoms with E-state index in [1.165, 1.54) is 23.1 Å². The van der Waals surface area contributed by atoms with Gasteiger partial charge in [-0.2, -0.15) is 0 Å². The SMILES string of the molecule is O=C(O)c1sc(Sc2nncs2)nc1Cl. The van der Waals surface area contributed by atoms with Gasteiger partial charge in [0.2, 0.25) is 0 Å². The van der Waals surface area contributed by atoms with Crippen LogP contribution in [0.4, 0.5) is 0 Å². The summed E-state index contributed by atoms with van der Waals surface area (Å²) in [5.74, 6) is -1.07. The summed E-state index contributed by atoms with van der Waals surface area (Å²) in [5, 5.41) is 16.2. The van der Waals surface area contributed by atoms with Crippen molar-refractivity contribution in [3.63, 3.8) is 0 Å². The number of aromatic carboxylic acids is 1. The molecule has 2 rings (SSSR count). The van der Waals surface area contributed by atoms with Crippen LogP contribution in [0.3, 0.4) is 0 Å². The topological polar surface area (TPSA) is 76.0 Å². The highest BCUT2D eigenvalue weighted by molar-refractivity contribution is 8.02. The molecule has 0 aliphatic rings. The third-order valence-electron chi connectivity index (χ3n) is 1.28. The standard InChI is InChI=1S/C6H2ClN3O2S3/c7-3-2(4(11)12)14-5(9-3)15-6-10-8-1-13-6/h1H,(H,11,12). The minimum absolute atomic E-state index is 0.0134. The summed E-state index contributed by atoms with van der Waals surface area (Å²) in [5.41, 5.74) is 1.59. The van der Waals surface area contributed by atoms with Crippen LogP contribution < -0.4 is 0 Å². The zero-order chi connectivity index (χ0) is 10.8. The predicted octanol–water partition coefficient (Wildman–Crippen LogP) is 2.50. The van der Waals surface area contributed by atoms with Crippen LogP contribution >= 0.6 is 46.0 Å². The zero-order valence-corrected chi connectivity index (χ0v) is 10.1. The van der Waals surface area contributed by atoms with Gasteiger partial charge >= 0.3 is 5.97 Å². The Kier molecular flexibility index (Phi) is 3.19. The van der Waals surface area contributed by atoms with Crippen LogP contribution in [0, 0.1) is 0 Å². The summed E-state index contributed by atoms with van der Waals surface area (Å²) in [6.07, 6.45) is 0. The Labute approximate surface area is 101 Å². The van der Waals surface area contributed by atoms with E-state index in [2.05, 4.69) is 15.2 Å². The molecule has 0 amide bonds. The van der Waals surface area contributed by atoms with E-state index in [1.807, 2.05) is 0 Å². The second-order valence-corrected chi connectivity index (χ2v) is 5.90. The quantitative estimate of drug-likeness (QED) is 0.930. The van der Waals surface area contributed by atoms with Crippen molar-refractivity contribution >= 4 is 52.0 Å². The predicted molar refractivity (Wildman–Crippen MR) is 58.1 cm³/mol. The van der Waals surface area contributed by atoms with Crippen LogP contribution in [-0.2, 0) is 0 Å². The molecule has 78 valence electrons. The highest BCUT2D eigenvalue weighted by Crippen LogP contribution is 2.35. The monoisotopic (exact) mass is 279 g/mol. The molecule has 2 aromatic rings. The number of aromatic nitrogens is 3. The number of nitrogens with zero attached hydrogens (tertiary/aromatic N) is 3. The number of carbonyl (C=O) groups is 1. The van der Waals surface area contributed by atoms with Crippen LogP contribution in [0.25, 0.3) is 0 Å². The van der Waals surface area contributed by atoms with Crippen LogP contribution in [0.2, 0.25) is 5.15 Å². The Morgan fingerprint density at radius 3 is 2.87 bits per heavy atom. The highest BCUT2D eigenvalue weighted by Gasteiger charge is 2.16. The van der Waals surface area contributed by atoms with E-state index in [1.54, 1.807) is 5.51 Å². The second-order valence-electron chi connectivity index (χ2n) is 2.21. The fourth-order valence-electron chi connectivity index (χ4n) is 0.741. The van der Waals surface area contributed by atoms with E-state index >= 15 is 0 Å². The minimum Gasteiger partial charge on any atom is -0.477 e. The lowest BCUT2D eigenvalue weighted by atomic mass is 10.6. The van der Waals surface area contributed by atoms with Gasteiger partial charge in [0.05, 0.1) is 0 Å². The van der Waals surface area contributed by atoms with Crippen LogP contribution in [-0.4, -0.2) is 26.3 Å². The summed E-state index contributed by atoms with van der Waals surface area (Å²) in [7, 11) is 0. The number of hydrogen-bond donors (Lipinski definition) is 1. The number of thiazole rings is 1. The normalized spacial score (nSPS) is 10.5. The van der Waals surface area contributed by atoms with Crippen molar-refractivity contribution in [1.82, 2.24) is 15.2 Å². The van der Waals surface area contributed by atoms with Gasteiger partial charge in [-0.1, -0.05) is 34.3 Å². The second kappa shape index (κ2) is 4.44. The Hall–Kier alpha value is -0.700. The van der Waals surface area contributed by atoms with Gasteiger partial charge in [-0.15, -0.1) is 10.2 Å². The summed E-state index contributed by atoms with van der Waals surface area (Å²) < 4.78 is 1.26. The Morgan fingerprint density at radius 1 is 1.53 bits per heavy atom. The maximum Gasteiger partial charge on any atom is 0.349 e. The fourth-order valence-corrected chi connectivity index (χ4v) is 3.67. The van der Waals surface area contributed by atoms with E-state index in [4.69, 9.17) is 16.7 Å². The average molecular weight is 280 g/mol. The third-order valence-corrected chi connectivity index (χ3v) is 4.54. The molecule has 0 aliphatic carbocycles. The lowest BCUT2D eigenvalue weighted by Gasteiger charge is -1.86. The van der Waals surface area contributed by atoms with Gasteiger partial charge in [0.15, 0.2) is 18.7 Å². The van der Waals surface area contributed by atoms with Gasteiger partial charge in [0, 0.05) is 0 Å². The lowest BCUT2D eigenvalue weighted by Crippen LogP contribution is -1.91. The van der Waals surface area contributed by atoms with Crippen molar-refractivity contribution in [2.45, 2.75) is 8.68 Å². The molecule has 1 N–H and O–H groups in total. The number of carboxylic acid groups (broad SMARTS) is 1. The molecular weight excluding hydrogens is 278 g/mol. The van der Waals surface area contributed by atoms with Crippen LogP contribution in [0.15, 0.2) is 14.2 Å². The first-order valence-electron chi connectivity index (χ1n) is 3.50. The van der Waals surface area contributed by atoms with E-state index in [0.29, 0.717) is 8.68 Å². The summed E-state index contributed by atoms with van der Waals surface area (Å²) >= 11 is 9.29. The summed E-state index contributed by atoms with van der Waals surface area (Å²) in [6.45, 7) is 0. The van der Waals surface area contributed by atoms with Crippen molar-refractivity contribution in [2.75, 3.05) is 0 Å². The molecule has 0 fully saturated rings. The molecule has 0 aromatic carbocycles. The van der Waals surface area contributed by atoms with E-state index in [9.17, 15) is 4.79 Å². The lowest BCUT2D eigenvalue weighted by molar-refractivity contribution is 0.0702. The largest absolute Gasteiger partial charge is 0.477 e. The van der Waals surface area contributed by atoms with Gasteiger partial charge < -0.3 is 5.11 Å². The number of rotatable bonds is 3. The molecule has 9 heteroatoms. The molecule has 0 atom stereocenters. The molecule has 0 saturated carbocycles. The zero-order valence-electron chi connectivity index (χ0n) is 6.88. The average Bonchev–Trinajstić information content (AvgIpc) is 2.75. The van der Waals surface area contributed by atoms with Crippen LogP contribution in [0.1, 0.15) is 9.67 Å². The van der Waals surface area contributed by atoms with Crippen molar-refractivity contribution in [2.24, 2.45) is 0 Å². The Balaban J connectivity index is 2.23. The fraction of sp³-hybridized carbons (Fsp3) is 0. The number of hydrogen-bond acceptors (Lipinski definition) is 7. The Bertz CT molecular complexity index is 484. The molecule has 0 bridgehead atoms. The van der Waals surface area contributed by atoms with E-state index in [0.717, 1.165) is 11.3 Å². The first-order chi connectivity index (χ1) is 7.16. The van der Waals surface area contributed by atoms with Gasteiger partial charge in [0.1, 0.15) is 5.51 Å².